The minimum Gasteiger partial charge on any atom is -0.463 e. The molecular weight excluding hydrogens is 434 g/mol. The van der Waals surface area contributed by atoms with Gasteiger partial charge in [-0.15, -0.1) is 0 Å². The summed E-state index contributed by atoms with van der Waals surface area (Å²) in [4.78, 5) is 14.0. The number of nitrogens with zero attached hydrogens (tertiary/aromatic N) is 4. The predicted octanol–water partition coefficient (Wildman–Crippen LogP) is 5.08. The average molecular weight is 460 g/mol. The molecule has 1 N–H and O–H groups in total. The second-order valence-electron chi connectivity index (χ2n) is 7.14. The van der Waals surface area contributed by atoms with E-state index in [2.05, 4.69) is 50.3 Å². The van der Waals surface area contributed by atoms with Crippen molar-refractivity contribution in [2.24, 2.45) is 0 Å². The lowest BCUT2D eigenvalue weighted by molar-refractivity contribution is -0.0311. The van der Waals surface area contributed by atoms with E-state index in [0.29, 0.717) is 35.2 Å². The van der Waals surface area contributed by atoms with Crippen molar-refractivity contribution in [1.82, 2.24) is 19.5 Å². The first-order chi connectivity index (χ1) is 14.3. The number of hydrogen-bond acceptors (Lipinski definition) is 6. The van der Waals surface area contributed by atoms with Gasteiger partial charge < -0.3 is 14.8 Å². The van der Waals surface area contributed by atoms with E-state index in [4.69, 9.17) is 14.5 Å². The van der Waals surface area contributed by atoms with E-state index in [1.165, 1.54) is 5.56 Å². The number of ether oxygens (including phenoxy) is 2. The van der Waals surface area contributed by atoms with E-state index >= 15 is 0 Å². The van der Waals surface area contributed by atoms with E-state index in [-0.39, 0.29) is 6.23 Å². The quantitative estimate of drug-likeness (QED) is 0.373. The molecule has 3 heterocycles. The minimum absolute atomic E-state index is 0.0801. The number of benzene rings is 1. The van der Waals surface area contributed by atoms with Crippen molar-refractivity contribution in [2.75, 3.05) is 18.5 Å². The van der Waals surface area contributed by atoms with E-state index in [0.717, 1.165) is 44.4 Å². The largest absolute Gasteiger partial charge is 0.463 e. The molecule has 0 amide bonds. The first-order valence-electron chi connectivity index (χ1n) is 10.2. The summed E-state index contributed by atoms with van der Waals surface area (Å²) < 4.78 is 14.5. The van der Waals surface area contributed by atoms with Crippen LogP contribution in [0.2, 0.25) is 0 Å². The normalized spacial score (nSPS) is 16.8. The lowest BCUT2D eigenvalue weighted by atomic mass is 10.2. The van der Waals surface area contributed by atoms with Gasteiger partial charge in [0, 0.05) is 13.2 Å². The first-order valence-corrected chi connectivity index (χ1v) is 11.0. The summed E-state index contributed by atoms with van der Waals surface area (Å²) >= 11 is 3.60. The maximum absolute atomic E-state index is 5.99. The molecule has 0 spiro atoms. The third kappa shape index (κ3) is 4.70. The molecule has 1 aromatic carbocycles. The third-order valence-corrected chi connectivity index (χ3v) is 5.51. The highest BCUT2D eigenvalue weighted by atomic mass is 79.9. The number of rotatable bonds is 8. The molecule has 1 unspecified atom stereocenters. The van der Waals surface area contributed by atoms with Crippen LogP contribution in [0.3, 0.4) is 0 Å². The summed E-state index contributed by atoms with van der Waals surface area (Å²) in [6, 6.07) is 10.6. The Labute approximate surface area is 179 Å². The zero-order chi connectivity index (χ0) is 20.1. The maximum atomic E-state index is 5.99. The summed E-state index contributed by atoms with van der Waals surface area (Å²) in [5.74, 6) is 0.667. The minimum atomic E-state index is -0.0801. The standard InChI is InChI=1S/C21H26BrN5O2/c1-2-3-12-29-21-25-18(23-14-15-9-5-4-6-10-15)17-19(26-21)27(20(22)24-17)16-11-7-8-13-28-16/h4-6,9-10,16H,2-3,7-8,11-14H2,1H3,(H,23,25,26). The Morgan fingerprint density at radius 2 is 2.07 bits per heavy atom. The SMILES string of the molecule is CCCCOc1nc(NCc2ccccc2)c2nc(Br)n(C3CCCCO3)c2n1. The van der Waals surface area contributed by atoms with E-state index in [1.807, 2.05) is 22.8 Å². The van der Waals surface area contributed by atoms with Gasteiger partial charge in [-0.3, -0.25) is 4.57 Å². The Morgan fingerprint density at radius 3 is 2.83 bits per heavy atom. The van der Waals surface area contributed by atoms with Crippen molar-refractivity contribution in [3.63, 3.8) is 0 Å². The Kier molecular flexibility index (Phi) is 6.61. The molecule has 1 aliphatic heterocycles. The maximum Gasteiger partial charge on any atom is 0.320 e. The monoisotopic (exact) mass is 459 g/mol. The van der Waals surface area contributed by atoms with Crippen LogP contribution in [0.15, 0.2) is 35.1 Å². The molecule has 8 heteroatoms. The van der Waals surface area contributed by atoms with Crippen LogP contribution in [-0.4, -0.2) is 32.7 Å². The number of unbranched alkanes of at least 4 members (excludes halogenated alkanes) is 1. The molecule has 1 atom stereocenters. The van der Waals surface area contributed by atoms with Crippen LogP contribution in [-0.2, 0) is 11.3 Å². The Morgan fingerprint density at radius 1 is 1.21 bits per heavy atom. The van der Waals surface area contributed by atoms with Crippen LogP contribution in [0, 0.1) is 0 Å². The summed E-state index contributed by atoms with van der Waals surface area (Å²) in [6.45, 7) is 4.12. The fourth-order valence-corrected chi connectivity index (χ4v) is 3.96. The Balaban J connectivity index is 1.69. The summed E-state index contributed by atoms with van der Waals surface area (Å²) in [5, 5.41) is 3.41. The number of imidazole rings is 1. The fourth-order valence-electron chi connectivity index (χ4n) is 3.39. The molecule has 4 rings (SSSR count). The summed E-state index contributed by atoms with van der Waals surface area (Å²) in [6.07, 6.45) is 5.09. The number of fused-ring (bicyclic) bond motifs is 1. The van der Waals surface area contributed by atoms with Gasteiger partial charge in [0.15, 0.2) is 21.7 Å². The molecule has 1 fully saturated rings. The van der Waals surface area contributed by atoms with Gasteiger partial charge in [0.25, 0.3) is 0 Å². The zero-order valence-corrected chi connectivity index (χ0v) is 18.2. The van der Waals surface area contributed by atoms with Crippen molar-refractivity contribution in [3.8, 4) is 6.01 Å². The Hall–Kier alpha value is -2.19. The molecular formula is C21H26BrN5O2. The molecule has 1 saturated heterocycles. The van der Waals surface area contributed by atoms with Gasteiger partial charge in [-0.05, 0) is 47.2 Å². The van der Waals surface area contributed by atoms with E-state index in [1.54, 1.807) is 0 Å². The highest BCUT2D eigenvalue weighted by Crippen LogP contribution is 2.33. The number of aromatic nitrogens is 4. The van der Waals surface area contributed by atoms with Gasteiger partial charge in [-0.25, -0.2) is 4.98 Å². The topological polar surface area (TPSA) is 74.1 Å². The van der Waals surface area contributed by atoms with Crippen LogP contribution in [0.4, 0.5) is 5.82 Å². The van der Waals surface area contributed by atoms with Gasteiger partial charge in [0.1, 0.15) is 6.23 Å². The molecule has 3 aromatic rings. The first kappa shape index (κ1) is 20.1. The number of hydrogen-bond donors (Lipinski definition) is 1. The van der Waals surface area contributed by atoms with Crippen LogP contribution < -0.4 is 10.1 Å². The second-order valence-corrected chi connectivity index (χ2v) is 7.85. The van der Waals surface area contributed by atoms with Crippen LogP contribution in [0.5, 0.6) is 6.01 Å². The molecule has 7 nitrogen and oxygen atoms in total. The lowest BCUT2D eigenvalue weighted by Gasteiger charge is -2.24. The zero-order valence-electron chi connectivity index (χ0n) is 16.6. The van der Waals surface area contributed by atoms with Gasteiger partial charge in [0.2, 0.25) is 0 Å². The predicted molar refractivity (Wildman–Crippen MR) is 116 cm³/mol. The molecule has 154 valence electrons. The third-order valence-electron chi connectivity index (χ3n) is 4.95. The summed E-state index contributed by atoms with van der Waals surface area (Å²) in [7, 11) is 0. The van der Waals surface area contributed by atoms with E-state index in [9.17, 15) is 0 Å². The van der Waals surface area contributed by atoms with Crippen molar-refractivity contribution >= 4 is 32.9 Å². The van der Waals surface area contributed by atoms with Crippen LogP contribution >= 0.6 is 15.9 Å². The number of nitrogens with one attached hydrogen (secondary N) is 1. The highest BCUT2D eigenvalue weighted by molar-refractivity contribution is 9.10. The van der Waals surface area contributed by atoms with Crippen molar-refractivity contribution in [3.05, 3.63) is 40.6 Å². The van der Waals surface area contributed by atoms with Crippen molar-refractivity contribution in [1.29, 1.82) is 0 Å². The highest BCUT2D eigenvalue weighted by Gasteiger charge is 2.24. The molecule has 0 saturated carbocycles. The van der Waals surface area contributed by atoms with Gasteiger partial charge in [-0.1, -0.05) is 43.7 Å². The number of anilines is 1. The van der Waals surface area contributed by atoms with Gasteiger partial charge in [-0.2, -0.15) is 9.97 Å². The smallest absolute Gasteiger partial charge is 0.320 e. The van der Waals surface area contributed by atoms with Gasteiger partial charge in [0.05, 0.1) is 6.61 Å². The molecule has 0 bridgehead atoms. The van der Waals surface area contributed by atoms with Gasteiger partial charge >= 0.3 is 6.01 Å². The van der Waals surface area contributed by atoms with Crippen LogP contribution in [0.1, 0.15) is 50.8 Å². The Bertz CT molecular complexity index is 941. The summed E-state index contributed by atoms with van der Waals surface area (Å²) in [5.41, 5.74) is 2.60. The van der Waals surface area contributed by atoms with Crippen LogP contribution in [0.25, 0.3) is 11.2 Å². The van der Waals surface area contributed by atoms with E-state index < -0.39 is 0 Å². The van der Waals surface area contributed by atoms with Crippen molar-refractivity contribution in [2.45, 2.75) is 51.8 Å². The lowest BCUT2D eigenvalue weighted by Crippen LogP contribution is -2.19. The molecule has 29 heavy (non-hydrogen) atoms. The van der Waals surface area contributed by atoms with Crippen molar-refractivity contribution < 1.29 is 9.47 Å². The number of halogens is 1. The molecule has 0 aliphatic carbocycles. The fraction of sp³-hybridized carbons (Fsp3) is 0.476. The average Bonchev–Trinajstić information content (AvgIpc) is 3.09. The second kappa shape index (κ2) is 9.54. The molecule has 1 aliphatic rings. The molecule has 0 radical (unpaired) electrons. The molecule has 2 aromatic heterocycles.